The van der Waals surface area contributed by atoms with E-state index in [0.29, 0.717) is 18.1 Å². The number of nitrogens with one attached hydrogen (secondary N) is 4. The average molecular weight is 384 g/mol. The fourth-order valence-corrected chi connectivity index (χ4v) is 2.64. The highest BCUT2D eigenvalue weighted by atomic mass is 32.2. The number of thioether (sulfide) groups is 1. The maximum absolute atomic E-state index is 12.1. The van der Waals surface area contributed by atoms with Crippen molar-refractivity contribution in [3.8, 4) is 0 Å². The maximum atomic E-state index is 12.1. The summed E-state index contributed by atoms with van der Waals surface area (Å²) in [4.78, 5) is 23.1. The Kier molecular flexibility index (Phi) is 9.07. The van der Waals surface area contributed by atoms with Gasteiger partial charge in [0.1, 0.15) is 6.04 Å². The second kappa shape index (κ2) is 10.8. The Morgan fingerprint density at radius 1 is 1.20 bits per heavy atom. The molecule has 0 aliphatic rings. The van der Waals surface area contributed by atoms with Gasteiger partial charge in [-0.05, 0) is 54.3 Å². The zero-order chi connectivity index (χ0) is 18.8. The van der Waals surface area contributed by atoms with Crippen LogP contribution in [0.4, 0.5) is 10.5 Å². The normalized spacial score (nSPS) is 11.5. The van der Waals surface area contributed by atoms with Crippen molar-refractivity contribution >= 4 is 46.7 Å². The summed E-state index contributed by atoms with van der Waals surface area (Å²) in [5.74, 6) is 0.755. The Hall–Kier alpha value is -2.00. The SMILES string of the molecule is CSCC[C@@H](NC(N)=O)C(=O)NNC(=S)Nc1ccc(C(C)C)cc1. The Balaban J connectivity index is 2.50. The first kappa shape index (κ1) is 21.0. The first-order chi connectivity index (χ1) is 11.8. The summed E-state index contributed by atoms with van der Waals surface area (Å²) in [7, 11) is 0. The van der Waals surface area contributed by atoms with Gasteiger partial charge in [0, 0.05) is 5.69 Å². The van der Waals surface area contributed by atoms with Crippen molar-refractivity contribution in [3.63, 3.8) is 0 Å². The number of carbonyl (C=O) groups excluding carboxylic acids is 2. The molecule has 0 saturated carbocycles. The number of thiocarbonyl (C=S) groups is 1. The van der Waals surface area contributed by atoms with Crippen molar-refractivity contribution in [2.24, 2.45) is 5.73 Å². The molecule has 0 heterocycles. The molecular formula is C16H25N5O2S2. The average Bonchev–Trinajstić information content (AvgIpc) is 2.56. The van der Waals surface area contributed by atoms with Crippen molar-refractivity contribution in [2.75, 3.05) is 17.3 Å². The van der Waals surface area contributed by atoms with Gasteiger partial charge in [0.25, 0.3) is 5.91 Å². The van der Waals surface area contributed by atoms with E-state index in [0.717, 1.165) is 5.69 Å². The van der Waals surface area contributed by atoms with Crippen LogP contribution in [-0.2, 0) is 4.79 Å². The van der Waals surface area contributed by atoms with Gasteiger partial charge in [-0.25, -0.2) is 4.79 Å². The van der Waals surface area contributed by atoms with Crippen molar-refractivity contribution < 1.29 is 9.59 Å². The van der Waals surface area contributed by atoms with Crippen LogP contribution in [0.3, 0.4) is 0 Å². The molecule has 0 aliphatic carbocycles. The van der Waals surface area contributed by atoms with Crippen LogP contribution in [0.5, 0.6) is 0 Å². The van der Waals surface area contributed by atoms with Gasteiger partial charge < -0.3 is 16.4 Å². The van der Waals surface area contributed by atoms with Crippen molar-refractivity contribution in [3.05, 3.63) is 29.8 Å². The maximum Gasteiger partial charge on any atom is 0.312 e. The summed E-state index contributed by atoms with van der Waals surface area (Å²) in [6.45, 7) is 4.25. The molecule has 0 aliphatic heterocycles. The van der Waals surface area contributed by atoms with E-state index in [-0.39, 0.29) is 5.11 Å². The number of hydrogen-bond acceptors (Lipinski definition) is 4. The fraction of sp³-hybridized carbons (Fsp3) is 0.438. The van der Waals surface area contributed by atoms with Gasteiger partial charge in [-0.1, -0.05) is 26.0 Å². The molecule has 0 fully saturated rings. The summed E-state index contributed by atoms with van der Waals surface area (Å²) < 4.78 is 0. The van der Waals surface area contributed by atoms with Crippen molar-refractivity contribution in [1.82, 2.24) is 16.2 Å². The first-order valence-corrected chi connectivity index (χ1v) is 9.65. The minimum absolute atomic E-state index is 0.244. The van der Waals surface area contributed by atoms with Crippen molar-refractivity contribution in [1.29, 1.82) is 0 Å². The summed E-state index contributed by atoms with van der Waals surface area (Å²) >= 11 is 6.72. The van der Waals surface area contributed by atoms with E-state index < -0.39 is 18.0 Å². The molecule has 0 unspecified atom stereocenters. The monoisotopic (exact) mass is 383 g/mol. The zero-order valence-electron chi connectivity index (χ0n) is 14.6. The lowest BCUT2D eigenvalue weighted by molar-refractivity contribution is -0.123. The fourth-order valence-electron chi connectivity index (χ4n) is 2.00. The lowest BCUT2D eigenvalue weighted by atomic mass is 10.0. The standard InChI is InChI=1S/C16H25N5O2S2/c1-10(2)11-4-6-12(7-5-11)18-16(24)21-20-14(22)13(8-9-25-3)19-15(17)23/h4-7,10,13H,8-9H2,1-3H3,(H,20,22)(H3,17,19,23)(H2,18,21,24)/t13-/m1/s1. The molecule has 0 bridgehead atoms. The minimum Gasteiger partial charge on any atom is -0.352 e. The molecule has 9 heteroatoms. The molecule has 0 saturated heterocycles. The molecule has 1 atom stereocenters. The molecule has 7 nitrogen and oxygen atoms in total. The van der Waals surface area contributed by atoms with Gasteiger partial charge in [-0.2, -0.15) is 11.8 Å². The number of anilines is 1. The van der Waals surface area contributed by atoms with Gasteiger partial charge in [-0.3, -0.25) is 15.6 Å². The third kappa shape index (κ3) is 8.08. The number of nitrogens with two attached hydrogens (primary N) is 1. The van der Waals surface area contributed by atoms with Crippen LogP contribution in [0.25, 0.3) is 0 Å². The van der Waals surface area contributed by atoms with E-state index in [1.54, 1.807) is 11.8 Å². The topological polar surface area (TPSA) is 108 Å². The number of rotatable bonds is 7. The van der Waals surface area contributed by atoms with E-state index in [2.05, 4.69) is 35.3 Å². The van der Waals surface area contributed by atoms with Crippen LogP contribution in [0, 0.1) is 0 Å². The largest absolute Gasteiger partial charge is 0.352 e. The second-order valence-corrected chi connectivity index (χ2v) is 7.08. The van der Waals surface area contributed by atoms with Gasteiger partial charge in [0.15, 0.2) is 5.11 Å². The van der Waals surface area contributed by atoms with Crippen LogP contribution >= 0.6 is 24.0 Å². The molecule has 25 heavy (non-hydrogen) atoms. The number of benzene rings is 1. The van der Waals surface area contributed by atoms with Crippen LogP contribution in [0.2, 0.25) is 0 Å². The van der Waals surface area contributed by atoms with Crippen LogP contribution in [0.15, 0.2) is 24.3 Å². The first-order valence-electron chi connectivity index (χ1n) is 7.85. The van der Waals surface area contributed by atoms with E-state index in [1.807, 2.05) is 30.5 Å². The Labute approximate surface area is 157 Å². The quantitative estimate of drug-likeness (QED) is 0.364. The number of hydrogen-bond donors (Lipinski definition) is 5. The number of urea groups is 1. The molecule has 3 amide bonds. The highest BCUT2D eigenvalue weighted by Crippen LogP contribution is 2.16. The predicted octanol–water partition coefficient (Wildman–Crippen LogP) is 1.92. The lowest BCUT2D eigenvalue weighted by Gasteiger charge is -2.18. The molecular weight excluding hydrogens is 358 g/mol. The third-order valence-corrected chi connectivity index (χ3v) is 4.23. The molecule has 1 aromatic carbocycles. The summed E-state index contributed by atoms with van der Waals surface area (Å²) in [5, 5.41) is 5.63. The van der Waals surface area contributed by atoms with Gasteiger partial charge >= 0.3 is 6.03 Å². The highest BCUT2D eigenvalue weighted by molar-refractivity contribution is 7.98. The molecule has 0 spiro atoms. The van der Waals surface area contributed by atoms with Crippen molar-refractivity contribution in [2.45, 2.75) is 32.2 Å². The van der Waals surface area contributed by atoms with E-state index >= 15 is 0 Å². The van der Waals surface area contributed by atoms with Gasteiger partial charge in [0.05, 0.1) is 0 Å². The highest BCUT2D eigenvalue weighted by Gasteiger charge is 2.19. The predicted molar refractivity (Wildman–Crippen MR) is 108 cm³/mol. The Morgan fingerprint density at radius 3 is 2.36 bits per heavy atom. The second-order valence-electron chi connectivity index (χ2n) is 5.69. The third-order valence-electron chi connectivity index (χ3n) is 3.38. The molecule has 1 rings (SSSR count). The molecule has 1 aromatic rings. The number of primary amides is 1. The number of hydrazine groups is 1. The Morgan fingerprint density at radius 2 is 1.84 bits per heavy atom. The Bertz CT molecular complexity index is 593. The zero-order valence-corrected chi connectivity index (χ0v) is 16.2. The van der Waals surface area contributed by atoms with Gasteiger partial charge in [0.2, 0.25) is 0 Å². The smallest absolute Gasteiger partial charge is 0.312 e. The minimum atomic E-state index is -0.743. The lowest BCUT2D eigenvalue weighted by Crippen LogP contribution is -2.54. The molecule has 0 radical (unpaired) electrons. The van der Waals surface area contributed by atoms with Crippen LogP contribution in [-0.4, -0.2) is 35.1 Å². The molecule has 0 aromatic heterocycles. The summed E-state index contributed by atoms with van der Waals surface area (Å²) in [6, 6.07) is 6.41. The molecule has 6 N–H and O–H groups in total. The molecule has 138 valence electrons. The number of amides is 3. The van der Waals surface area contributed by atoms with Crippen LogP contribution in [0.1, 0.15) is 31.7 Å². The van der Waals surface area contributed by atoms with E-state index in [1.165, 1.54) is 5.56 Å². The summed E-state index contributed by atoms with van der Waals surface area (Å²) in [6.07, 6.45) is 2.38. The van der Waals surface area contributed by atoms with Crippen LogP contribution < -0.4 is 27.2 Å². The van der Waals surface area contributed by atoms with Gasteiger partial charge in [-0.15, -0.1) is 0 Å². The summed E-state index contributed by atoms with van der Waals surface area (Å²) in [5.41, 5.74) is 12.2. The van der Waals surface area contributed by atoms with E-state index in [9.17, 15) is 9.59 Å². The van der Waals surface area contributed by atoms with E-state index in [4.69, 9.17) is 18.0 Å². The number of carbonyl (C=O) groups is 2.